The summed E-state index contributed by atoms with van der Waals surface area (Å²) in [5.41, 5.74) is 10.7. The van der Waals surface area contributed by atoms with Crippen LogP contribution in [0.3, 0.4) is 0 Å². The third-order valence-electron chi connectivity index (χ3n) is 11.6. The molecule has 4 aromatic carbocycles. The summed E-state index contributed by atoms with van der Waals surface area (Å²) in [5.74, 6) is -0.444. The van der Waals surface area contributed by atoms with Gasteiger partial charge >= 0.3 is 6.03 Å². The van der Waals surface area contributed by atoms with E-state index in [4.69, 9.17) is 28.9 Å². The molecule has 4 fully saturated rings. The van der Waals surface area contributed by atoms with Crippen molar-refractivity contribution in [1.82, 2.24) is 24.9 Å². The zero-order chi connectivity index (χ0) is 42.3. The molecule has 4 N–H and O–H groups in total. The van der Waals surface area contributed by atoms with Crippen molar-refractivity contribution in [2.24, 2.45) is 0 Å². The van der Waals surface area contributed by atoms with E-state index in [1.807, 2.05) is 40.1 Å². The Morgan fingerprint density at radius 2 is 1.07 bits per heavy atom. The van der Waals surface area contributed by atoms with Crippen molar-refractivity contribution in [3.05, 3.63) is 141 Å². The first-order valence-electron chi connectivity index (χ1n) is 20.2. The summed E-state index contributed by atoms with van der Waals surface area (Å²) in [4.78, 5) is 46.3. The van der Waals surface area contributed by atoms with Crippen molar-refractivity contribution in [3.63, 3.8) is 0 Å². The zero-order valence-corrected chi connectivity index (χ0v) is 34.9. The van der Waals surface area contributed by atoms with E-state index in [9.17, 15) is 23.2 Å². The van der Waals surface area contributed by atoms with Crippen molar-refractivity contribution in [2.75, 3.05) is 44.3 Å². The van der Waals surface area contributed by atoms with Crippen LogP contribution in [-0.2, 0) is 22.7 Å². The Balaban J connectivity index is 0.000000183. The number of halogens is 4. The van der Waals surface area contributed by atoms with Gasteiger partial charge in [0.05, 0.1) is 5.69 Å². The smallest absolute Gasteiger partial charge is 0.318 e. The van der Waals surface area contributed by atoms with E-state index in [1.165, 1.54) is 31.3 Å². The highest BCUT2D eigenvalue weighted by molar-refractivity contribution is 6.31. The molecule has 0 spiro atoms. The van der Waals surface area contributed by atoms with E-state index in [0.29, 0.717) is 27.0 Å². The Labute approximate surface area is 359 Å². The molecule has 4 aliphatic heterocycles. The number of anilines is 2. The predicted octanol–water partition coefficient (Wildman–Crippen LogP) is 8.07. The van der Waals surface area contributed by atoms with Gasteiger partial charge in [0.25, 0.3) is 0 Å². The van der Waals surface area contributed by atoms with E-state index < -0.39 is 0 Å². The maximum Gasteiger partial charge on any atom is 0.318 e. The van der Waals surface area contributed by atoms with Crippen molar-refractivity contribution in [1.29, 1.82) is 0 Å². The van der Waals surface area contributed by atoms with Crippen LogP contribution in [0.4, 0.5) is 25.0 Å². The van der Waals surface area contributed by atoms with E-state index in [1.54, 1.807) is 54.6 Å². The first-order chi connectivity index (χ1) is 28.9. The van der Waals surface area contributed by atoms with E-state index in [2.05, 4.69) is 20.4 Å². The van der Waals surface area contributed by atoms with Crippen molar-refractivity contribution < 1.29 is 23.2 Å². The molecule has 0 saturated carbocycles. The molecule has 60 heavy (non-hydrogen) atoms. The minimum absolute atomic E-state index is 0.0280. The van der Waals surface area contributed by atoms with Gasteiger partial charge in [-0.3, -0.25) is 19.4 Å². The number of likely N-dealkylation sites (tertiary alicyclic amines) is 2. The largest absolute Gasteiger partial charge is 0.398 e. The van der Waals surface area contributed by atoms with Crippen LogP contribution in [0.15, 0.2) is 97.1 Å². The number of piperazine rings is 2. The van der Waals surface area contributed by atoms with Gasteiger partial charge in [-0.1, -0.05) is 59.6 Å². The second kappa shape index (κ2) is 19.4. The van der Waals surface area contributed by atoms with Crippen LogP contribution in [0.5, 0.6) is 0 Å². The molecule has 4 unspecified atom stereocenters. The summed E-state index contributed by atoms with van der Waals surface area (Å²) in [6.07, 6.45) is 10.7. The SMILES string of the molecule is CNC(=O)Nc1cc(Cl)ccc1/C=C/C(=O)N1C2CCC1CN(Cc1ccc(F)cc1)C2.Nc1cc(Cl)ccc1/C=C/C(=O)N1C2CCC1CN(Cc1ccc(F)cc1)C2. The van der Waals surface area contributed by atoms with Gasteiger partial charge < -0.3 is 26.2 Å². The number of nitrogens with one attached hydrogen (secondary N) is 2. The van der Waals surface area contributed by atoms with Gasteiger partial charge in [0, 0.05) is 98.4 Å². The third kappa shape index (κ3) is 10.7. The van der Waals surface area contributed by atoms with Crippen molar-refractivity contribution >= 4 is 64.6 Å². The molecule has 0 aromatic heterocycles. The average molecular weight is 857 g/mol. The predicted molar refractivity (Wildman–Crippen MR) is 234 cm³/mol. The summed E-state index contributed by atoms with van der Waals surface area (Å²) < 4.78 is 26.3. The fourth-order valence-corrected chi connectivity index (χ4v) is 9.17. The summed E-state index contributed by atoms with van der Waals surface area (Å²) in [6.45, 7) is 4.83. The van der Waals surface area contributed by atoms with Gasteiger partial charge in [-0.25, -0.2) is 13.6 Å². The van der Waals surface area contributed by atoms with Gasteiger partial charge in [0.2, 0.25) is 11.8 Å². The molecule has 14 heteroatoms. The van der Waals surface area contributed by atoms with Crippen molar-refractivity contribution in [3.8, 4) is 0 Å². The maximum absolute atomic E-state index is 13.2. The van der Waals surface area contributed by atoms with Crippen LogP contribution in [0, 0.1) is 11.6 Å². The number of nitrogen functional groups attached to an aromatic ring is 1. The Hall–Kier alpha value is -5.27. The Kier molecular flexibility index (Phi) is 13.9. The molecule has 4 atom stereocenters. The number of carbonyl (C=O) groups excluding carboxylic acids is 3. The summed E-state index contributed by atoms with van der Waals surface area (Å²) >= 11 is 12.0. The number of nitrogens with zero attached hydrogens (tertiary/aromatic N) is 4. The van der Waals surface area contributed by atoms with Crippen LogP contribution < -0.4 is 16.4 Å². The van der Waals surface area contributed by atoms with Gasteiger partial charge in [0.15, 0.2) is 0 Å². The lowest BCUT2D eigenvalue weighted by molar-refractivity contribution is -0.132. The van der Waals surface area contributed by atoms with E-state index in [0.717, 1.165) is 81.6 Å². The number of urea groups is 1. The third-order valence-corrected chi connectivity index (χ3v) is 12.1. The molecule has 4 heterocycles. The highest BCUT2D eigenvalue weighted by atomic mass is 35.5. The van der Waals surface area contributed by atoms with Crippen LogP contribution in [-0.4, -0.2) is 94.8 Å². The summed E-state index contributed by atoms with van der Waals surface area (Å²) in [7, 11) is 1.53. The Morgan fingerprint density at radius 1 is 0.650 bits per heavy atom. The van der Waals surface area contributed by atoms with Crippen molar-refractivity contribution in [2.45, 2.75) is 62.9 Å². The number of benzene rings is 4. The molecule has 4 aliphatic rings. The molecule has 314 valence electrons. The number of rotatable bonds is 9. The molecule has 10 nitrogen and oxygen atoms in total. The first-order valence-corrected chi connectivity index (χ1v) is 21.0. The average Bonchev–Trinajstić information content (AvgIpc) is 3.66. The van der Waals surface area contributed by atoms with Gasteiger partial charge in [-0.2, -0.15) is 0 Å². The van der Waals surface area contributed by atoms with E-state index in [-0.39, 0.29) is 53.6 Å². The van der Waals surface area contributed by atoms with Crippen LogP contribution >= 0.6 is 23.2 Å². The molecule has 4 amide bonds. The second-order valence-corrected chi connectivity index (χ2v) is 16.7. The number of fused-ring (bicyclic) bond motifs is 4. The maximum atomic E-state index is 13.2. The quantitative estimate of drug-likeness (QED) is 0.116. The molecular weight excluding hydrogens is 807 g/mol. The topological polar surface area (TPSA) is 114 Å². The van der Waals surface area contributed by atoms with Crippen LogP contribution in [0.2, 0.25) is 10.0 Å². The number of nitrogens with two attached hydrogens (primary N) is 1. The number of carbonyl (C=O) groups is 3. The summed E-state index contributed by atoms with van der Waals surface area (Å²) in [5, 5.41) is 6.31. The Morgan fingerprint density at radius 3 is 1.50 bits per heavy atom. The lowest BCUT2D eigenvalue weighted by Crippen LogP contribution is -2.55. The minimum atomic E-state index is -0.358. The van der Waals surface area contributed by atoms with Crippen LogP contribution in [0.1, 0.15) is 47.9 Å². The fraction of sp³-hybridized carbons (Fsp3) is 0.326. The first kappa shape index (κ1) is 42.8. The van der Waals surface area contributed by atoms with Gasteiger partial charge in [0.1, 0.15) is 11.6 Å². The van der Waals surface area contributed by atoms with E-state index >= 15 is 0 Å². The Bertz CT molecular complexity index is 2210. The lowest BCUT2D eigenvalue weighted by atomic mass is 10.1. The fourth-order valence-electron chi connectivity index (χ4n) is 8.81. The second-order valence-electron chi connectivity index (χ2n) is 15.8. The number of amides is 4. The highest BCUT2D eigenvalue weighted by Crippen LogP contribution is 2.33. The molecule has 4 saturated heterocycles. The normalized spacial score (nSPS) is 21.3. The molecule has 0 radical (unpaired) electrons. The zero-order valence-electron chi connectivity index (χ0n) is 33.4. The number of hydrogen-bond donors (Lipinski definition) is 3. The molecule has 4 aromatic rings. The van der Waals surface area contributed by atoms with Gasteiger partial charge in [-0.05, 0) is 109 Å². The minimum Gasteiger partial charge on any atom is -0.398 e. The highest BCUT2D eigenvalue weighted by Gasteiger charge is 2.42. The standard InChI is InChI=1S/C24H26ClFN4O2.C22H23ClFN3O/c1-27-24(32)28-22-12-18(25)6-4-17(22)5-11-23(31)30-20-9-10-21(30)15-29(14-20)13-16-2-7-19(26)8-3-16;23-17-5-3-16(21(25)11-17)4-10-22(28)27-19-8-9-20(27)14-26(13-19)12-15-1-6-18(24)7-2-15/h2-8,11-12,20-21H,9-10,13-15H2,1H3,(H2,27,28,32);1-7,10-11,19-20H,8-9,12-14,25H2/b11-5+;10-4+. The molecule has 4 bridgehead atoms. The molecule has 0 aliphatic carbocycles. The van der Waals surface area contributed by atoms with Gasteiger partial charge in [-0.15, -0.1) is 0 Å². The van der Waals surface area contributed by atoms with Crippen LogP contribution in [0.25, 0.3) is 12.2 Å². The monoisotopic (exact) mass is 855 g/mol. The lowest BCUT2D eigenvalue weighted by Gasteiger charge is -2.40. The molecular formula is C46H49Cl2F2N7O3. The molecule has 8 rings (SSSR count). The summed E-state index contributed by atoms with van der Waals surface area (Å²) in [6, 6.07) is 24.1. The number of hydrogen-bond acceptors (Lipinski definition) is 6.